The first-order chi connectivity index (χ1) is 12.3. The Morgan fingerprint density at radius 3 is 2.54 bits per heavy atom. The molecule has 2 aromatic rings. The van der Waals surface area contributed by atoms with Crippen molar-refractivity contribution in [2.75, 3.05) is 13.1 Å². The molecule has 1 amide bonds. The smallest absolute Gasteiger partial charge is 0.410 e. The van der Waals surface area contributed by atoms with Crippen molar-refractivity contribution in [3.05, 3.63) is 51.1 Å². The summed E-state index contributed by atoms with van der Waals surface area (Å²) in [7, 11) is 0. The molecule has 1 aromatic heterocycles. The highest BCUT2D eigenvalue weighted by atomic mass is 127. The van der Waals surface area contributed by atoms with Crippen LogP contribution in [0.5, 0.6) is 0 Å². The van der Waals surface area contributed by atoms with Crippen molar-refractivity contribution >= 4 is 28.7 Å². The SMILES string of the molecule is CC(C)(C)OC(=O)N1CCC(c2[nH]c(Cc3ccccc3)nc2I)CC1. The third kappa shape index (κ3) is 4.99. The van der Waals surface area contributed by atoms with Crippen molar-refractivity contribution in [1.82, 2.24) is 14.9 Å². The molecule has 0 radical (unpaired) electrons. The minimum Gasteiger partial charge on any atom is -0.444 e. The number of piperidine rings is 1. The number of nitrogens with zero attached hydrogens (tertiary/aromatic N) is 2. The van der Waals surface area contributed by atoms with E-state index in [0.29, 0.717) is 5.92 Å². The summed E-state index contributed by atoms with van der Waals surface area (Å²) in [5.41, 5.74) is 2.02. The molecule has 1 aliphatic heterocycles. The van der Waals surface area contributed by atoms with Gasteiger partial charge in [-0.05, 0) is 61.8 Å². The molecule has 26 heavy (non-hydrogen) atoms. The van der Waals surface area contributed by atoms with Crippen molar-refractivity contribution < 1.29 is 9.53 Å². The number of likely N-dealkylation sites (tertiary alicyclic amines) is 1. The van der Waals surface area contributed by atoms with Crippen LogP contribution in [0.1, 0.15) is 56.6 Å². The van der Waals surface area contributed by atoms with E-state index >= 15 is 0 Å². The van der Waals surface area contributed by atoms with Crippen molar-refractivity contribution in [3.63, 3.8) is 0 Å². The lowest BCUT2D eigenvalue weighted by Gasteiger charge is -2.33. The Kier molecular flexibility index (Phi) is 5.89. The van der Waals surface area contributed by atoms with Crippen molar-refractivity contribution in [1.29, 1.82) is 0 Å². The number of rotatable bonds is 3. The number of carbonyl (C=O) groups excluding carboxylic acids is 1. The number of nitrogens with one attached hydrogen (secondary N) is 1. The molecule has 2 heterocycles. The quantitative estimate of drug-likeness (QED) is 0.665. The molecule has 0 saturated carbocycles. The van der Waals surface area contributed by atoms with Crippen LogP contribution in [0.15, 0.2) is 30.3 Å². The summed E-state index contributed by atoms with van der Waals surface area (Å²) >= 11 is 2.32. The summed E-state index contributed by atoms with van der Waals surface area (Å²) < 4.78 is 6.52. The summed E-state index contributed by atoms with van der Waals surface area (Å²) in [5.74, 6) is 1.42. The molecule has 1 N–H and O–H groups in total. The number of hydrogen-bond acceptors (Lipinski definition) is 3. The van der Waals surface area contributed by atoms with E-state index in [-0.39, 0.29) is 6.09 Å². The number of H-pyrrole nitrogens is 1. The number of ether oxygens (including phenoxy) is 1. The van der Waals surface area contributed by atoms with Gasteiger partial charge in [-0.15, -0.1) is 0 Å². The zero-order valence-corrected chi connectivity index (χ0v) is 17.7. The van der Waals surface area contributed by atoms with Crippen LogP contribution in [0.3, 0.4) is 0 Å². The highest BCUT2D eigenvalue weighted by molar-refractivity contribution is 14.1. The molecule has 1 saturated heterocycles. The van der Waals surface area contributed by atoms with Gasteiger partial charge in [0.15, 0.2) is 0 Å². The van der Waals surface area contributed by atoms with E-state index in [2.05, 4.69) is 51.8 Å². The number of halogens is 1. The summed E-state index contributed by atoms with van der Waals surface area (Å²) in [5, 5.41) is 0. The van der Waals surface area contributed by atoms with Crippen LogP contribution in [-0.4, -0.2) is 39.7 Å². The van der Waals surface area contributed by atoms with Crippen molar-refractivity contribution in [2.45, 2.75) is 51.6 Å². The fraction of sp³-hybridized carbons (Fsp3) is 0.500. The lowest BCUT2D eigenvalue weighted by Crippen LogP contribution is -2.41. The van der Waals surface area contributed by atoms with Crippen LogP contribution < -0.4 is 0 Å². The van der Waals surface area contributed by atoms with Gasteiger partial charge in [0.25, 0.3) is 0 Å². The second-order valence-electron chi connectivity index (χ2n) is 7.79. The maximum absolute atomic E-state index is 12.2. The van der Waals surface area contributed by atoms with E-state index in [9.17, 15) is 4.79 Å². The molecule has 0 unspecified atom stereocenters. The second-order valence-corrected chi connectivity index (χ2v) is 8.81. The molecule has 6 heteroatoms. The number of hydrogen-bond donors (Lipinski definition) is 1. The number of imidazole rings is 1. The minimum absolute atomic E-state index is 0.208. The maximum atomic E-state index is 12.2. The lowest BCUT2D eigenvalue weighted by molar-refractivity contribution is 0.0204. The zero-order valence-electron chi connectivity index (χ0n) is 15.6. The molecule has 1 aliphatic rings. The molecule has 0 bridgehead atoms. The number of amides is 1. The van der Waals surface area contributed by atoms with Gasteiger partial charge in [0.05, 0.1) is 5.69 Å². The number of benzene rings is 1. The molecule has 0 atom stereocenters. The van der Waals surface area contributed by atoms with Gasteiger partial charge in [-0.25, -0.2) is 9.78 Å². The first-order valence-corrected chi connectivity index (χ1v) is 10.2. The van der Waals surface area contributed by atoms with Gasteiger partial charge in [0.2, 0.25) is 0 Å². The highest BCUT2D eigenvalue weighted by Crippen LogP contribution is 2.30. The Bertz CT molecular complexity index is 744. The fourth-order valence-electron chi connectivity index (χ4n) is 3.23. The molecule has 5 nitrogen and oxygen atoms in total. The third-order valence-electron chi connectivity index (χ3n) is 4.50. The Morgan fingerprint density at radius 2 is 1.92 bits per heavy atom. The van der Waals surface area contributed by atoms with E-state index in [0.717, 1.165) is 41.9 Å². The van der Waals surface area contributed by atoms with Gasteiger partial charge < -0.3 is 14.6 Å². The predicted molar refractivity (Wildman–Crippen MR) is 110 cm³/mol. The Morgan fingerprint density at radius 1 is 1.27 bits per heavy atom. The van der Waals surface area contributed by atoms with E-state index < -0.39 is 5.60 Å². The molecular weight excluding hydrogens is 441 g/mol. The molecule has 1 fully saturated rings. The van der Waals surface area contributed by atoms with Crippen molar-refractivity contribution in [2.24, 2.45) is 0 Å². The first kappa shape index (κ1) is 19.2. The van der Waals surface area contributed by atoms with E-state index in [4.69, 9.17) is 9.72 Å². The first-order valence-electron chi connectivity index (χ1n) is 9.08. The molecule has 3 rings (SSSR count). The summed E-state index contributed by atoms with van der Waals surface area (Å²) in [4.78, 5) is 22.3. The lowest BCUT2D eigenvalue weighted by atomic mass is 9.94. The molecule has 0 aliphatic carbocycles. The van der Waals surface area contributed by atoms with E-state index in [1.165, 1.54) is 11.3 Å². The monoisotopic (exact) mass is 467 g/mol. The third-order valence-corrected chi connectivity index (χ3v) is 5.33. The number of aromatic amines is 1. The summed E-state index contributed by atoms with van der Waals surface area (Å²) in [6.45, 7) is 7.15. The van der Waals surface area contributed by atoms with E-state index in [1.54, 1.807) is 0 Å². The van der Waals surface area contributed by atoms with Crippen LogP contribution in [0.25, 0.3) is 0 Å². The van der Waals surface area contributed by atoms with Crippen LogP contribution in [-0.2, 0) is 11.2 Å². The van der Waals surface area contributed by atoms with Crippen LogP contribution >= 0.6 is 22.6 Å². The molecule has 1 aromatic carbocycles. The fourth-order valence-corrected chi connectivity index (χ4v) is 4.10. The average Bonchev–Trinajstić information content (AvgIpc) is 2.94. The molecular formula is C20H26IN3O2. The largest absolute Gasteiger partial charge is 0.444 e. The number of carbonyl (C=O) groups is 1. The van der Waals surface area contributed by atoms with Gasteiger partial charge >= 0.3 is 6.09 Å². The van der Waals surface area contributed by atoms with Gasteiger partial charge in [0, 0.05) is 25.4 Å². The number of aromatic nitrogens is 2. The van der Waals surface area contributed by atoms with Gasteiger partial charge in [-0.1, -0.05) is 30.3 Å². The molecule has 140 valence electrons. The van der Waals surface area contributed by atoms with Gasteiger partial charge in [-0.3, -0.25) is 0 Å². The predicted octanol–water partition coefficient (Wildman–Crippen LogP) is 4.72. The standard InChI is InChI=1S/C20H26IN3O2/c1-20(2,3)26-19(25)24-11-9-15(10-12-24)17-18(21)23-16(22-17)13-14-7-5-4-6-8-14/h4-8,15H,9-13H2,1-3H3,(H,22,23). The Labute approximate surface area is 168 Å². The maximum Gasteiger partial charge on any atom is 0.410 e. The minimum atomic E-state index is -0.445. The van der Waals surface area contributed by atoms with Crippen LogP contribution in [0.4, 0.5) is 4.79 Å². The van der Waals surface area contributed by atoms with Gasteiger partial charge in [0.1, 0.15) is 15.1 Å². The van der Waals surface area contributed by atoms with Crippen molar-refractivity contribution in [3.8, 4) is 0 Å². The average molecular weight is 467 g/mol. The second kappa shape index (κ2) is 7.98. The normalized spacial score (nSPS) is 15.9. The zero-order chi connectivity index (χ0) is 18.7. The topological polar surface area (TPSA) is 58.2 Å². The summed E-state index contributed by atoms with van der Waals surface area (Å²) in [6.07, 6.45) is 2.47. The highest BCUT2D eigenvalue weighted by Gasteiger charge is 2.29. The Hall–Kier alpha value is -1.57. The molecule has 0 spiro atoms. The Balaban J connectivity index is 1.60. The van der Waals surface area contributed by atoms with Crippen LogP contribution in [0.2, 0.25) is 0 Å². The van der Waals surface area contributed by atoms with Crippen LogP contribution in [0, 0.1) is 3.70 Å². The van der Waals surface area contributed by atoms with Gasteiger partial charge in [-0.2, -0.15) is 0 Å². The van der Waals surface area contributed by atoms with E-state index in [1.807, 2.05) is 31.7 Å². The summed E-state index contributed by atoms with van der Waals surface area (Å²) in [6, 6.07) is 10.4.